The molecule has 0 aliphatic heterocycles. The zero-order valence-electron chi connectivity index (χ0n) is 71.9. The summed E-state index contributed by atoms with van der Waals surface area (Å²) in [5.41, 5.74) is 1.45. The molecule has 0 fully saturated rings. The first kappa shape index (κ1) is 94.0. The predicted molar refractivity (Wildman–Crippen MR) is 455 cm³/mol. The first-order valence-electron chi connectivity index (χ1n) is 45.6. The average Bonchev–Trinajstić information content (AvgIpc) is 0.729. The molecule has 2 aliphatic carbocycles. The van der Waals surface area contributed by atoms with Gasteiger partial charge in [0.1, 0.15) is 0 Å². The number of rotatable bonds is 71. The topological polar surface area (TPSA) is 179 Å². The van der Waals surface area contributed by atoms with E-state index in [1.54, 1.807) is 24.3 Å². The second kappa shape index (κ2) is 57.2. The molecule has 16 nitrogen and oxygen atoms in total. The summed E-state index contributed by atoms with van der Waals surface area (Å²) in [7, 11) is 0. The van der Waals surface area contributed by atoms with Crippen LogP contribution in [0.4, 0.5) is 0 Å². The van der Waals surface area contributed by atoms with Gasteiger partial charge in [-0.2, -0.15) is 0 Å². The highest BCUT2D eigenvalue weighted by Gasteiger charge is 2.43. The van der Waals surface area contributed by atoms with Gasteiger partial charge in [0.15, 0.2) is 69.1 Å². The van der Waals surface area contributed by atoms with E-state index >= 15 is 19.2 Å². The van der Waals surface area contributed by atoms with Gasteiger partial charge in [-0.1, -0.05) is 288 Å². The van der Waals surface area contributed by atoms with Crippen molar-refractivity contribution < 1.29 is 76.0 Å². The molecule has 0 atom stereocenters. The maximum Gasteiger partial charge on any atom is 0.204 e. The number of ether oxygens (including phenoxy) is 12. The summed E-state index contributed by atoms with van der Waals surface area (Å²) in [4.78, 5) is 63.1. The number of benzene rings is 4. The Morgan fingerprint density at radius 2 is 0.286 bits per heavy atom. The minimum absolute atomic E-state index is 0.159. The second-order valence-electron chi connectivity index (χ2n) is 31.0. The number of carbonyl (C=O) groups is 4. The fourth-order valence-corrected chi connectivity index (χ4v) is 14.5. The van der Waals surface area contributed by atoms with Gasteiger partial charge in [0.2, 0.25) is 23.0 Å². The standard InChI is InChI=1S/C96H150O16/c1-11-21-31-45-57-101-77-69-73-81(93(109-65-53-39-29-19-9)89(77)105-61-49-35-25-15-5)85(97)75-71-79(103-59-47-33-23-13-3)91(107-63-51-37-27-17-7)95(83(75)87(73)99)111-67-55-43-41-42-44-56-68-112-96-84-76(72-80(104-60-48-34-24-14-4)92(96)108-64-52-38-28-18-8)86(98)82-74(88(84)100)70-78(102-58-46-32-22-12-2)90(106-62-50-36-26-16-6)94(82)110-66-54-40-30-20-10/h69-72H,11-68H2,1-10H3. The molecule has 4 aromatic carbocycles. The molecule has 0 saturated heterocycles. The minimum atomic E-state index is -0.367. The summed E-state index contributed by atoms with van der Waals surface area (Å²) in [6.07, 6.45) is 44.1. The molecule has 0 unspecified atom stereocenters. The lowest BCUT2D eigenvalue weighted by Crippen LogP contribution is -2.25. The lowest BCUT2D eigenvalue weighted by molar-refractivity contribution is 0.0968. The third-order valence-electron chi connectivity index (χ3n) is 21.2. The Labute approximate surface area is 677 Å². The molecule has 0 radical (unpaired) electrons. The molecule has 0 saturated carbocycles. The number of carbonyl (C=O) groups excluding carboxylic acids is 4. The van der Waals surface area contributed by atoms with E-state index in [1.807, 2.05) is 0 Å². The van der Waals surface area contributed by atoms with Crippen LogP contribution in [0.2, 0.25) is 0 Å². The van der Waals surface area contributed by atoms with Crippen molar-refractivity contribution in [1.29, 1.82) is 0 Å². The Kier molecular flexibility index (Phi) is 48.0. The normalized spacial score (nSPS) is 12.2. The lowest BCUT2D eigenvalue weighted by Gasteiger charge is -2.27. The molecule has 630 valence electrons. The number of unbranched alkanes of at least 4 members (excludes halogenated alkanes) is 35. The quantitative estimate of drug-likeness (QED) is 0.0329. The van der Waals surface area contributed by atoms with Crippen LogP contribution in [0.25, 0.3) is 0 Å². The van der Waals surface area contributed by atoms with Crippen molar-refractivity contribution in [2.75, 3.05) is 79.3 Å². The maximum atomic E-state index is 15.8. The number of hydrogen-bond acceptors (Lipinski definition) is 16. The van der Waals surface area contributed by atoms with Crippen LogP contribution in [-0.4, -0.2) is 102 Å². The third-order valence-corrected chi connectivity index (χ3v) is 21.2. The number of fused-ring (bicyclic) bond motifs is 4. The zero-order valence-corrected chi connectivity index (χ0v) is 71.9. The Morgan fingerprint density at radius 1 is 0.161 bits per heavy atom. The Bertz CT molecular complexity index is 3120. The zero-order chi connectivity index (χ0) is 80.2. The van der Waals surface area contributed by atoms with E-state index < -0.39 is 0 Å². The summed E-state index contributed by atoms with van der Waals surface area (Å²) in [5.74, 6) is 2.52. The van der Waals surface area contributed by atoms with Crippen LogP contribution in [-0.2, 0) is 0 Å². The summed E-state index contributed by atoms with van der Waals surface area (Å²) in [5, 5.41) is 0. The van der Waals surface area contributed by atoms with Crippen LogP contribution in [0.5, 0.6) is 69.0 Å². The van der Waals surface area contributed by atoms with Crippen LogP contribution >= 0.6 is 0 Å². The van der Waals surface area contributed by atoms with Crippen LogP contribution in [0.1, 0.15) is 428 Å². The molecule has 0 bridgehead atoms. The van der Waals surface area contributed by atoms with Crippen molar-refractivity contribution in [3.63, 3.8) is 0 Å². The molecule has 0 heterocycles. The highest BCUT2D eigenvalue weighted by Crippen LogP contribution is 2.54. The smallest absolute Gasteiger partial charge is 0.204 e. The fourth-order valence-electron chi connectivity index (χ4n) is 14.5. The predicted octanol–water partition coefficient (Wildman–Crippen LogP) is 26.6. The third kappa shape index (κ3) is 30.4. The Hall–Kier alpha value is -6.84. The van der Waals surface area contributed by atoms with Crippen molar-refractivity contribution >= 4 is 23.1 Å². The molecule has 16 heteroatoms. The molecule has 0 spiro atoms. The minimum Gasteiger partial charge on any atom is -0.490 e. The van der Waals surface area contributed by atoms with Crippen LogP contribution < -0.4 is 56.8 Å². The largest absolute Gasteiger partial charge is 0.490 e. The first-order chi connectivity index (χ1) is 55.0. The van der Waals surface area contributed by atoms with Gasteiger partial charge >= 0.3 is 0 Å². The average molecular weight is 1560 g/mol. The van der Waals surface area contributed by atoms with Gasteiger partial charge in [-0.05, 0) is 101 Å². The summed E-state index contributed by atoms with van der Waals surface area (Å²) >= 11 is 0. The molecule has 2 aliphatic rings. The number of hydrogen-bond donors (Lipinski definition) is 0. The molecular weight excluding hydrogens is 1410 g/mol. The van der Waals surface area contributed by atoms with E-state index in [1.165, 1.54) is 0 Å². The van der Waals surface area contributed by atoms with Gasteiger partial charge in [0, 0.05) is 22.3 Å². The van der Waals surface area contributed by atoms with Gasteiger partial charge in [-0.15, -0.1) is 0 Å². The van der Waals surface area contributed by atoms with E-state index in [4.69, 9.17) is 56.8 Å². The van der Waals surface area contributed by atoms with Gasteiger partial charge in [0.05, 0.1) is 102 Å². The fraction of sp³-hybridized carbons (Fsp3) is 0.708. The van der Waals surface area contributed by atoms with Crippen LogP contribution in [0, 0.1) is 0 Å². The molecular formula is C96H150O16. The van der Waals surface area contributed by atoms with Gasteiger partial charge < -0.3 is 56.8 Å². The van der Waals surface area contributed by atoms with E-state index in [-0.39, 0.29) is 104 Å². The Morgan fingerprint density at radius 3 is 0.438 bits per heavy atom. The summed E-state index contributed by atoms with van der Waals surface area (Å²) < 4.78 is 80.8. The lowest BCUT2D eigenvalue weighted by atomic mass is 9.82. The van der Waals surface area contributed by atoms with Crippen molar-refractivity contribution in [3.05, 3.63) is 68.8 Å². The molecule has 4 aromatic rings. The Balaban J connectivity index is 1.32. The highest BCUT2D eigenvalue weighted by molar-refractivity contribution is 6.32. The van der Waals surface area contributed by atoms with E-state index in [2.05, 4.69) is 69.2 Å². The first-order valence-corrected chi connectivity index (χ1v) is 45.6. The molecule has 0 N–H and O–H groups in total. The SMILES string of the molecule is CCCCCCOc1cc2c(c(OCCCCCC)c1OCCCCCC)C(=O)c1cc(OCCCCCC)c(OCCCCCC)c(OCCCCCCCCOc3c(OCCCCCC)c(OCCCCCC)cc4c3C(=O)c3cc(OCCCCCC)c(OCCCCCC)c(OCCCCCC)c3C4=O)c1C2=O. The van der Waals surface area contributed by atoms with Crippen LogP contribution in [0.3, 0.4) is 0 Å². The molecule has 112 heavy (non-hydrogen) atoms. The summed E-state index contributed by atoms with van der Waals surface area (Å²) in [6, 6.07) is 6.85. The molecule has 0 amide bonds. The van der Waals surface area contributed by atoms with Crippen LogP contribution in [0.15, 0.2) is 24.3 Å². The van der Waals surface area contributed by atoms with Crippen molar-refractivity contribution in [2.24, 2.45) is 0 Å². The van der Waals surface area contributed by atoms with Crippen molar-refractivity contribution in [2.45, 2.75) is 365 Å². The highest BCUT2D eigenvalue weighted by atomic mass is 16.6. The van der Waals surface area contributed by atoms with Gasteiger partial charge in [-0.3, -0.25) is 19.2 Å². The maximum absolute atomic E-state index is 15.8. The molecule has 6 rings (SSSR count). The van der Waals surface area contributed by atoms with E-state index in [0.29, 0.717) is 125 Å². The van der Waals surface area contributed by atoms with E-state index in [9.17, 15) is 0 Å². The van der Waals surface area contributed by atoms with Gasteiger partial charge in [-0.25, -0.2) is 0 Å². The van der Waals surface area contributed by atoms with Gasteiger partial charge in [0.25, 0.3) is 0 Å². The second-order valence-corrected chi connectivity index (χ2v) is 31.0. The monoisotopic (exact) mass is 1560 g/mol. The summed E-state index contributed by atoms with van der Waals surface area (Å²) in [6.45, 7) is 26.3. The van der Waals surface area contributed by atoms with Crippen molar-refractivity contribution in [1.82, 2.24) is 0 Å². The van der Waals surface area contributed by atoms with Crippen molar-refractivity contribution in [3.8, 4) is 69.0 Å². The number of ketones is 4. The van der Waals surface area contributed by atoms with E-state index in [0.717, 1.165) is 283 Å². The molecule has 0 aromatic heterocycles.